The van der Waals surface area contributed by atoms with Gasteiger partial charge in [-0.3, -0.25) is 4.79 Å². The van der Waals surface area contributed by atoms with Crippen molar-refractivity contribution < 1.29 is 28.9 Å². The number of azide groups is 1. The van der Waals surface area contributed by atoms with Crippen LogP contribution in [0, 0.1) is 0 Å². The van der Waals surface area contributed by atoms with Crippen molar-refractivity contribution in [2.45, 2.75) is 19.8 Å². The summed E-state index contributed by atoms with van der Waals surface area (Å²) < 4.78 is 15.9. The Bertz CT molecular complexity index is 400. The minimum absolute atomic E-state index is 0.0493. The zero-order valence-corrected chi connectivity index (χ0v) is 13.8. The molecule has 11 heteroatoms. The molecule has 11 nitrogen and oxygen atoms in total. The molecule has 0 aliphatic rings. The molecular formula is C13H25N5O6. The summed E-state index contributed by atoms with van der Waals surface area (Å²) in [6.07, 6.45) is -0.123. The number of hydrogen-bond acceptors (Lipinski definition) is 6. The number of carbonyl (C=O) groups excluding carboxylic acids is 1. The van der Waals surface area contributed by atoms with Gasteiger partial charge in [-0.15, -0.1) is 10.5 Å². The van der Waals surface area contributed by atoms with Gasteiger partial charge >= 0.3 is 6.09 Å². The van der Waals surface area contributed by atoms with E-state index >= 15 is 0 Å². The van der Waals surface area contributed by atoms with Gasteiger partial charge < -0.3 is 24.6 Å². The summed E-state index contributed by atoms with van der Waals surface area (Å²) >= 11 is 0. The molecule has 0 saturated carbocycles. The summed E-state index contributed by atoms with van der Waals surface area (Å²) in [4.78, 5) is 23.7. The van der Waals surface area contributed by atoms with Gasteiger partial charge in [-0.2, -0.15) is 9.71 Å². The van der Waals surface area contributed by atoms with E-state index in [1.165, 1.54) is 6.92 Å². The van der Waals surface area contributed by atoms with Crippen LogP contribution in [0.5, 0.6) is 0 Å². The second kappa shape index (κ2) is 15.8. The highest BCUT2D eigenvalue weighted by Crippen LogP contribution is 1.95. The lowest BCUT2D eigenvalue weighted by Crippen LogP contribution is -2.25. The van der Waals surface area contributed by atoms with Gasteiger partial charge in [0, 0.05) is 26.5 Å². The van der Waals surface area contributed by atoms with Crippen molar-refractivity contribution in [3.05, 3.63) is 10.4 Å². The summed E-state index contributed by atoms with van der Waals surface area (Å²) in [6.45, 7) is 4.77. The van der Waals surface area contributed by atoms with Crippen LogP contribution >= 0.6 is 0 Å². The topological polar surface area (TPSA) is 146 Å². The molecule has 0 heterocycles. The van der Waals surface area contributed by atoms with Crippen LogP contribution in [0.15, 0.2) is 5.22 Å². The Kier molecular flexibility index (Phi) is 14.4. The molecule has 0 spiro atoms. The van der Waals surface area contributed by atoms with Gasteiger partial charge in [0.25, 0.3) is 0 Å². The molecule has 0 rings (SSSR count). The standard InChI is InChI=1S/C13H25N5O6/c1-12(19)15-4-2-6-22-8-10-24-11-9-23-7-3-5-18(13(20)21)17-16-14/h2-11H2,1H3,(H,15,19)(H,20,21). The van der Waals surface area contributed by atoms with Gasteiger partial charge in [0.05, 0.1) is 33.0 Å². The Balaban J connectivity index is 3.27. The Labute approximate surface area is 140 Å². The van der Waals surface area contributed by atoms with E-state index in [9.17, 15) is 9.59 Å². The van der Waals surface area contributed by atoms with Gasteiger partial charge in [-0.05, 0) is 11.6 Å². The third-order valence-electron chi connectivity index (χ3n) is 2.61. The Morgan fingerprint density at radius 3 is 2.12 bits per heavy atom. The number of amides is 2. The maximum absolute atomic E-state index is 10.6. The average Bonchev–Trinajstić information content (AvgIpc) is 2.53. The molecule has 0 atom stereocenters. The number of carbonyl (C=O) groups is 2. The molecule has 0 aliphatic heterocycles. The molecule has 0 saturated heterocycles. The third-order valence-corrected chi connectivity index (χ3v) is 2.61. The van der Waals surface area contributed by atoms with Crippen molar-refractivity contribution in [2.75, 3.05) is 52.7 Å². The second-order valence-corrected chi connectivity index (χ2v) is 4.61. The molecule has 0 aliphatic carbocycles. The van der Waals surface area contributed by atoms with Crippen molar-refractivity contribution in [1.82, 2.24) is 10.3 Å². The summed E-state index contributed by atoms with van der Waals surface area (Å²) in [5.74, 6) is -0.0493. The average molecular weight is 347 g/mol. The molecule has 0 aromatic heterocycles. The summed E-state index contributed by atoms with van der Waals surface area (Å²) in [5, 5.41) is 15.0. The van der Waals surface area contributed by atoms with E-state index in [1.54, 1.807) is 0 Å². The maximum atomic E-state index is 10.6. The fourth-order valence-corrected chi connectivity index (χ4v) is 1.52. The molecule has 2 amide bonds. The van der Waals surface area contributed by atoms with Crippen LogP contribution in [-0.2, 0) is 19.0 Å². The van der Waals surface area contributed by atoms with E-state index in [2.05, 4.69) is 15.5 Å². The van der Waals surface area contributed by atoms with Crippen LogP contribution in [0.25, 0.3) is 10.4 Å². The van der Waals surface area contributed by atoms with Gasteiger partial charge in [0.2, 0.25) is 5.91 Å². The molecule has 0 bridgehead atoms. The highest BCUT2D eigenvalue weighted by molar-refractivity contribution is 5.72. The van der Waals surface area contributed by atoms with Crippen LogP contribution in [0.2, 0.25) is 0 Å². The fraction of sp³-hybridized carbons (Fsp3) is 0.846. The van der Waals surface area contributed by atoms with Crippen LogP contribution < -0.4 is 5.32 Å². The molecule has 138 valence electrons. The lowest BCUT2D eigenvalue weighted by atomic mass is 10.4. The second-order valence-electron chi connectivity index (χ2n) is 4.61. The first-order chi connectivity index (χ1) is 11.6. The summed E-state index contributed by atoms with van der Waals surface area (Å²) in [5.41, 5.74) is 8.19. The molecule has 0 fully saturated rings. The largest absolute Gasteiger partial charge is 0.507 e. The molecule has 2 N–H and O–H groups in total. The van der Waals surface area contributed by atoms with Crippen molar-refractivity contribution in [2.24, 2.45) is 5.22 Å². The number of hydrogen-bond donors (Lipinski definition) is 2. The SMILES string of the molecule is CC(=O)NCCCOCCOCCOCCCN(N=[N+]=[N-])C(=O)O. The van der Waals surface area contributed by atoms with E-state index in [-0.39, 0.29) is 12.5 Å². The monoisotopic (exact) mass is 347 g/mol. The zero-order valence-electron chi connectivity index (χ0n) is 13.8. The zero-order chi connectivity index (χ0) is 18.0. The first kappa shape index (κ1) is 21.9. The van der Waals surface area contributed by atoms with Crippen LogP contribution in [0.3, 0.4) is 0 Å². The van der Waals surface area contributed by atoms with Crippen LogP contribution in [-0.4, -0.2) is 74.8 Å². The van der Waals surface area contributed by atoms with Crippen LogP contribution in [0.4, 0.5) is 4.79 Å². The normalized spacial score (nSPS) is 10.0. The number of ether oxygens (including phenoxy) is 3. The quantitative estimate of drug-likeness (QED) is 0.149. The van der Waals surface area contributed by atoms with Gasteiger partial charge in [0.1, 0.15) is 6.54 Å². The molecular weight excluding hydrogens is 322 g/mol. The predicted molar refractivity (Wildman–Crippen MR) is 84.3 cm³/mol. The number of nitrogens with zero attached hydrogens (tertiary/aromatic N) is 4. The molecule has 0 aromatic rings. The number of carboxylic acid groups (broad SMARTS) is 1. The third kappa shape index (κ3) is 14.9. The minimum atomic E-state index is -1.30. The van der Waals surface area contributed by atoms with Crippen molar-refractivity contribution in [3.63, 3.8) is 0 Å². The van der Waals surface area contributed by atoms with Gasteiger partial charge in [-0.25, -0.2) is 0 Å². The van der Waals surface area contributed by atoms with Crippen LogP contribution in [0.1, 0.15) is 19.8 Å². The fourth-order valence-electron chi connectivity index (χ4n) is 1.52. The number of nitrogens with one attached hydrogen (secondary N) is 1. The minimum Gasteiger partial charge on any atom is -0.446 e. The van der Waals surface area contributed by atoms with E-state index in [0.29, 0.717) is 57.6 Å². The lowest BCUT2D eigenvalue weighted by molar-refractivity contribution is -0.119. The van der Waals surface area contributed by atoms with Crippen molar-refractivity contribution in [1.29, 1.82) is 0 Å². The van der Waals surface area contributed by atoms with E-state index in [1.807, 2.05) is 0 Å². The van der Waals surface area contributed by atoms with E-state index in [4.69, 9.17) is 24.8 Å². The molecule has 0 aromatic carbocycles. The Morgan fingerprint density at radius 1 is 1.08 bits per heavy atom. The lowest BCUT2D eigenvalue weighted by Gasteiger charge is -2.08. The summed E-state index contributed by atoms with van der Waals surface area (Å²) in [7, 11) is 0. The molecule has 0 radical (unpaired) electrons. The molecule has 0 unspecified atom stereocenters. The predicted octanol–water partition coefficient (Wildman–Crippen LogP) is 1.16. The van der Waals surface area contributed by atoms with E-state index < -0.39 is 6.09 Å². The first-order valence-corrected chi connectivity index (χ1v) is 7.61. The highest BCUT2D eigenvalue weighted by atomic mass is 16.5. The Morgan fingerprint density at radius 2 is 1.62 bits per heavy atom. The van der Waals surface area contributed by atoms with Crippen molar-refractivity contribution >= 4 is 12.0 Å². The maximum Gasteiger partial charge on any atom is 0.507 e. The smallest absolute Gasteiger partial charge is 0.446 e. The van der Waals surface area contributed by atoms with Crippen molar-refractivity contribution in [3.8, 4) is 0 Å². The van der Waals surface area contributed by atoms with Gasteiger partial charge in [-0.1, -0.05) is 0 Å². The van der Waals surface area contributed by atoms with E-state index in [0.717, 1.165) is 6.42 Å². The number of rotatable bonds is 15. The Hall–Kier alpha value is -2.07. The first-order valence-electron chi connectivity index (χ1n) is 7.61. The molecule has 24 heavy (non-hydrogen) atoms. The highest BCUT2D eigenvalue weighted by Gasteiger charge is 2.13. The van der Waals surface area contributed by atoms with Gasteiger partial charge in [0.15, 0.2) is 0 Å². The summed E-state index contributed by atoms with van der Waals surface area (Å²) in [6, 6.07) is 0.